The van der Waals surface area contributed by atoms with Crippen LogP contribution in [0.25, 0.3) is 12.2 Å². The minimum Gasteiger partial charge on any atom is -0.321 e. The summed E-state index contributed by atoms with van der Waals surface area (Å²) in [6, 6.07) is 80.8. The van der Waals surface area contributed by atoms with Crippen LogP contribution in [0.1, 0.15) is 11.1 Å². The fraction of sp³-hybridized carbons (Fsp3) is 0. The van der Waals surface area contributed by atoms with E-state index in [9.17, 15) is 9.59 Å². The van der Waals surface area contributed by atoms with Gasteiger partial charge in [0.25, 0.3) is 0 Å². The maximum absolute atomic E-state index is 14.0. The molecule has 0 aliphatic rings. The monoisotopic (exact) mass is 848 g/mol. The number of hydrogen-bond acceptors (Lipinski definition) is 2. The van der Waals surface area contributed by atoms with Gasteiger partial charge in [-0.25, -0.2) is 24.3 Å². The Labute approximate surface area is 379 Å². The van der Waals surface area contributed by atoms with Crippen LogP contribution in [-0.2, 0) is 26.7 Å². The van der Waals surface area contributed by atoms with Gasteiger partial charge in [0, 0.05) is 0 Å². The molecular weight excluding hydrogens is 807 g/mol. The summed E-state index contributed by atoms with van der Waals surface area (Å²) in [6.07, 6.45) is 9.88. The number of rotatable bonds is 12. The van der Waals surface area contributed by atoms with Crippen molar-refractivity contribution in [3.63, 3.8) is 0 Å². The second kappa shape index (κ2) is 22.5. The zero-order valence-corrected chi connectivity index (χ0v) is 36.3. The third-order valence-corrected chi connectivity index (χ3v) is 19.1. The van der Waals surface area contributed by atoms with E-state index in [4.69, 9.17) is 0 Å². The van der Waals surface area contributed by atoms with Crippen molar-refractivity contribution in [1.82, 2.24) is 0 Å². The van der Waals surface area contributed by atoms with Crippen LogP contribution in [0, 0.1) is 12.2 Å². The maximum Gasteiger partial charge on any atom is 1.00 e. The normalized spacial score (nSPS) is 11.1. The zero-order valence-electron chi connectivity index (χ0n) is 33.4. The molecule has 0 radical (unpaired) electrons. The first-order chi connectivity index (χ1) is 28.6. The molecule has 0 aliphatic carbocycles. The van der Waals surface area contributed by atoms with E-state index in [-0.39, 0.29) is 46.7 Å². The van der Waals surface area contributed by atoms with E-state index < -0.39 is 16.1 Å². The minimum absolute atomic E-state index is 0. The summed E-state index contributed by atoms with van der Waals surface area (Å²) in [5.41, 5.74) is 1.94. The molecule has 60 heavy (non-hydrogen) atoms. The topological polar surface area (TPSA) is 34.1 Å². The molecule has 2 nitrogen and oxygen atoms in total. The van der Waals surface area contributed by atoms with Crippen LogP contribution < -0.4 is 50.0 Å². The molecule has 0 saturated heterocycles. The molecule has 0 fully saturated rings. The van der Waals surface area contributed by atoms with Crippen LogP contribution in [-0.4, -0.2) is 27.0 Å². The van der Waals surface area contributed by atoms with Crippen molar-refractivity contribution in [2.75, 3.05) is 0 Å². The molecular formula is C54H42CuLiO2Si2. The Hall–Kier alpha value is -5.87. The number of carbonyl (C=O) groups excluding carboxylic acids is 2. The number of benzene rings is 8. The molecule has 0 unspecified atom stereocenters. The van der Waals surface area contributed by atoms with Crippen molar-refractivity contribution in [2.45, 2.75) is 0 Å². The van der Waals surface area contributed by atoms with Crippen LogP contribution in [0.3, 0.4) is 0 Å². The predicted octanol–water partition coefficient (Wildman–Crippen LogP) is 4.56. The van der Waals surface area contributed by atoms with E-state index in [0.29, 0.717) is 0 Å². The first kappa shape index (κ1) is 45.2. The van der Waals surface area contributed by atoms with Gasteiger partial charge in [0.2, 0.25) is 16.1 Å². The minimum atomic E-state index is -2.96. The molecule has 0 amide bonds. The second-order valence-corrected chi connectivity index (χ2v) is 21.1. The summed E-state index contributed by atoms with van der Waals surface area (Å²) < 4.78 is 0. The Morgan fingerprint density at radius 2 is 0.467 bits per heavy atom. The number of allylic oxidation sites excluding steroid dienone is 2. The number of carbonyl (C=O) groups is 2. The Bertz CT molecular complexity index is 2180. The van der Waals surface area contributed by atoms with E-state index in [1.807, 2.05) is 170 Å². The SMILES string of the molecule is O=C([C-]=Cc1ccccc1)[Si](c1ccccc1)(c1ccccc1)c1ccccc1.O=C([C-]=Cc1ccccc1)[Si](c1ccccc1)(c1ccccc1)c1ccccc1.[Cu+].[Li+]. The summed E-state index contributed by atoms with van der Waals surface area (Å²) in [7, 11) is -5.92. The Kier molecular flexibility index (Phi) is 16.9. The third-order valence-electron chi connectivity index (χ3n) is 10.3. The molecule has 8 rings (SSSR count). The molecule has 290 valence electrons. The van der Waals surface area contributed by atoms with E-state index in [2.05, 4.69) is 84.9 Å². The second-order valence-electron chi connectivity index (χ2n) is 13.8. The average Bonchev–Trinajstić information content (AvgIpc) is 3.31. The summed E-state index contributed by atoms with van der Waals surface area (Å²) >= 11 is 0. The van der Waals surface area contributed by atoms with Crippen LogP contribution >= 0.6 is 0 Å². The van der Waals surface area contributed by atoms with E-state index in [0.717, 1.165) is 42.2 Å². The van der Waals surface area contributed by atoms with Gasteiger partial charge >= 0.3 is 35.9 Å². The molecule has 8 aromatic carbocycles. The van der Waals surface area contributed by atoms with Gasteiger partial charge in [0.05, 0.1) is 10.8 Å². The van der Waals surface area contributed by atoms with E-state index in [1.165, 1.54) is 0 Å². The van der Waals surface area contributed by atoms with E-state index >= 15 is 0 Å². The maximum atomic E-state index is 14.0. The van der Waals surface area contributed by atoms with Gasteiger partial charge in [0.15, 0.2) is 0 Å². The van der Waals surface area contributed by atoms with Crippen molar-refractivity contribution in [1.29, 1.82) is 0 Å². The molecule has 0 heterocycles. The van der Waals surface area contributed by atoms with Gasteiger partial charge < -0.3 is 9.59 Å². The van der Waals surface area contributed by atoms with Gasteiger partial charge in [-0.05, 0) is 31.1 Å². The van der Waals surface area contributed by atoms with Crippen molar-refractivity contribution >= 4 is 70.2 Å². The Balaban J connectivity index is 0.000000220. The zero-order chi connectivity index (χ0) is 39.9. The molecule has 0 saturated carbocycles. The van der Waals surface area contributed by atoms with Crippen molar-refractivity contribution < 1.29 is 45.5 Å². The van der Waals surface area contributed by atoms with Gasteiger partial charge in [-0.15, -0.1) is 24.3 Å². The first-order valence-electron chi connectivity index (χ1n) is 19.3. The molecule has 0 aromatic heterocycles. The van der Waals surface area contributed by atoms with Crippen LogP contribution in [0.4, 0.5) is 0 Å². The molecule has 0 atom stereocenters. The van der Waals surface area contributed by atoms with Gasteiger partial charge in [-0.2, -0.15) is 11.1 Å². The van der Waals surface area contributed by atoms with Gasteiger partial charge in [0.1, 0.15) is 0 Å². The summed E-state index contributed by atoms with van der Waals surface area (Å²) in [5, 5.41) is 6.49. The number of hydrogen-bond donors (Lipinski definition) is 0. The first-order valence-corrected chi connectivity index (χ1v) is 23.3. The molecule has 0 bridgehead atoms. The van der Waals surface area contributed by atoms with Crippen molar-refractivity contribution in [2.24, 2.45) is 0 Å². The van der Waals surface area contributed by atoms with Gasteiger partial charge in [-0.1, -0.05) is 218 Å². The molecule has 0 spiro atoms. The fourth-order valence-electron chi connectivity index (χ4n) is 7.53. The standard InChI is InChI=1S/2C27H21OSi.Cu.Li/c2*28-27(22-21-23-13-5-1-6-14-23)29(24-15-7-2-8-16-24,25-17-9-3-10-18-25)26-19-11-4-12-20-26;;/h2*1-21H;;/q2*-1;2*+1. The smallest absolute Gasteiger partial charge is 0.321 e. The summed E-state index contributed by atoms with van der Waals surface area (Å²) in [5.74, 6) is 0. The predicted molar refractivity (Wildman–Crippen MR) is 246 cm³/mol. The Morgan fingerprint density at radius 1 is 0.300 bits per heavy atom. The van der Waals surface area contributed by atoms with Gasteiger partial charge in [-0.3, -0.25) is 0 Å². The van der Waals surface area contributed by atoms with Crippen LogP contribution in [0.5, 0.6) is 0 Å². The van der Waals surface area contributed by atoms with Crippen molar-refractivity contribution in [3.05, 3.63) is 266 Å². The molecule has 6 heteroatoms. The Morgan fingerprint density at radius 3 is 0.650 bits per heavy atom. The van der Waals surface area contributed by atoms with Crippen LogP contribution in [0.15, 0.2) is 243 Å². The quantitative estimate of drug-likeness (QED) is 0.0783. The van der Waals surface area contributed by atoms with E-state index in [1.54, 1.807) is 12.2 Å². The molecule has 8 aromatic rings. The summed E-state index contributed by atoms with van der Waals surface area (Å²) in [4.78, 5) is 27.9. The van der Waals surface area contributed by atoms with Crippen molar-refractivity contribution in [3.8, 4) is 0 Å². The molecule has 0 N–H and O–H groups in total. The third kappa shape index (κ3) is 10.1. The van der Waals surface area contributed by atoms with Crippen LogP contribution in [0.2, 0.25) is 0 Å². The average molecular weight is 850 g/mol. The fourth-order valence-corrected chi connectivity index (χ4v) is 15.8. The molecule has 0 aliphatic heterocycles. The summed E-state index contributed by atoms with van der Waals surface area (Å²) in [6.45, 7) is 0. The largest absolute Gasteiger partial charge is 1.00 e.